The van der Waals surface area contributed by atoms with Gasteiger partial charge in [-0.2, -0.15) is 0 Å². The maximum Gasteiger partial charge on any atom is 0.160 e. The molecule has 0 radical (unpaired) electrons. The maximum absolute atomic E-state index is 9.80. The minimum atomic E-state index is -0.370. The van der Waals surface area contributed by atoms with Crippen LogP contribution in [0.2, 0.25) is 20.1 Å². The molecule has 27 heavy (non-hydrogen) atoms. The summed E-state index contributed by atoms with van der Waals surface area (Å²) in [4.78, 5) is 0. The summed E-state index contributed by atoms with van der Waals surface area (Å²) in [7, 11) is 0. The lowest BCUT2D eigenvalue weighted by molar-refractivity contribution is 0.362. The molecular weight excluding hydrogens is 426 g/mol. The smallest absolute Gasteiger partial charge is 0.160 e. The third kappa shape index (κ3) is 4.36. The zero-order valence-corrected chi connectivity index (χ0v) is 16.9. The van der Waals surface area contributed by atoms with Crippen LogP contribution in [0.4, 0.5) is 0 Å². The van der Waals surface area contributed by atoms with Crippen LogP contribution < -0.4 is 4.74 Å². The summed E-state index contributed by atoms with van der Waals surface area (Å²) in [6.45, 7) is 0.177. The summed E-state index contributed by atoms with van der Waals surface area (Å²) in [6.07, 6.45) is 1.92. The Morgan fingerprint density at radius 3 is 1.63 bits per heavy atom. The molecule has 0 aliphatic carbocycles. The van der Waals surface area contributed by atoms with Crippen LogP contribution >= 0.6 is 46.4 Å². The van der Waals surface area contributed by atoms with Crippen LogP contribution in [0.3, 0.4) is 0 Å². The lowest BCUT2D eigenvalue weighted by atomic mass is 9.98. The van der Waals surface area contributed by atoms with Crippen molar-refractivity contribution in [3.8, 4) is 11.5 Å². The lowest BCUT2D eigenvalue weighted by Crippen LogP contribution is -1.99. The fraction of sp³-hybridized carbons (Fsp3) is 0.0476. The Labute approximate surface area is 177 Å². The predicted molar refractivity (Wildman–Crippen MR) is 114 cm³/mol. The number of phenolic OH excluding ortho intramolecular Hbond substituents is 1. The van der Waals surface area contributed by atoms with Gasteiger partial charge in [0, 0.05) is 0 Å². The number of halogens is 4. The van der Waals surface area contributed by atoms with Gasteiger partial charge in [-0.3, -0.25) is 0 Å². The molecule has 0 bridgehead atoms. The molecule has 138 valence electrons. The number of hydrogen-bond donors (Lipinski definition) is 1. The highest BCUT2D eigenvalue weighted by Gasteiger charge is 2.21. The van der Waals surface area contributed by atoms with Crippen molar-refractivity contribution in [2.24, 2.45) is 0 Å². The molecule has 6 heteroatoms. The first-order valence-electron chi connectivity index (χ1n) is 7.99. The van der Waals surface area contributed by atoms with E-state index in [4.69, 9.17) is 51.1 Å². The van der Waals surface area contributed by atoms with Gasteiger partial charge in [-0.1, -0.05) is 107 Å². The van der Waals surface area contributed by atoms with E-state index in [0.29, 0.717) is 0 Å². The quantitative estimate of drug-likeness (QED) is 0.416. The molecule has 0 aromatic heterocycles. The number of aromatic hydroxyl groups is 1. The van der Waals surface area contributed by atoms with Crippen LogP contribution in [0.1, 0.15) is 11.1 Å². The Kier molecular flexibility index (Phi) is 6.56. The molecular formula is C21H14Cl4O2. The Hall–Kier alpha value is -1.84. The van der Waals surface area contributed by atoms with Crippen molar-refractivity contribution in [3.63, 3.8) is 0 Å². The van der Waals surface area contributed by atoms with Gasteiger partial charge in [0.1, 0.15) is 26.7 Å². The molecule has 0 amide bonds. The first kappa shape index (κ1) is 19.9. The van der Waals surface area contributed by atoms with Gasteiger partial charge in [0.25, 0.3) is 0 Å². The van der Waals surface area contributed by atoms with Crippen molar-refractivity contribution in [2.45, 2.75) is 0 Å². The van der Waals surface area contributed by atoms with Gasteiger partial charge in [-0.25, -0.2) is 0 Å². The Morgan fingerprint density at radius 2 is 1.19 bits per heavy atom. The van der Waals surface area contributed by atoms with Crippen LogP contribution in [0.25, 0.3) is 5.57 Å². The molecule has 0 saturated heterocycles. The summed E-state index contributed by atoms with van der Waals surface area (Å²) in [5, 5.41) is 9.63. The van der Waals surface area contributed by atoms with E-state index < -0.39 is 0 Å². The van der Waals surface area contributed by atoms with E-state index in [-0.39, 0.29) is 38.2 Å². The second kappa shape index (κ2) is 8.90. The number of hydrogen-bond acceptors (Lipinski definition) is 2. The molecule has 3 rings (SSSR count). The van der Waals surface area contributed by atoms with Crippen LogP contribution in [0.15, 0.2) is 66.7 Å². The van der Waals surface area contributed by atoms with Crippen LogP contribution in [-0.2, 0) is 0 Å². The van der Waals surface area contributed by atoms with Crippen LogP contribution in [0, 0.1) is 0 Å². The minimum Gasteiger partial charge on any atom is -0.505 e. The molecule has 0 heterocycles. The number of benzene rings is 3. The van der Waals surface area contributed by atoms with E-state index in [1.165, 1.54) is 0 Å². The zero-order valence-electron chi connectivity index (χ0n) is 13.9. The van der Waals surface area contributed by atoms with Gasteiger partial charge in [0.2, 0.25) is 0 Å². The molecule has 2 nitrogen and oxygen atoms in total. The van der Waals surface area contributed by atoms with Crippen molar-refractivity contribution in [3.05, 3.63) is 98.0 Å². The molecule has 0 saturated carbocycles. The first-order chi connectivity index (χ1) is 13.0. The molecule has 0 spiro atoms. The number of phenols is 1. The average Bonchev–Trinajstić information content (AvgIpc) is 2.71. The Morgan fingerprint density at radius 1 is 0.741 bits per heavy atom. The largest absolute Gasteiger partial charge is 0.505 e. The summed E-state index contributed by atoms with van der Waals surface area (Å²) < 4.78 is 5.74. The summed E-state index contributed by atoms with van der Waals surface area (Å²) in [5.74, 6) is -0.242. The highest BCUT2D eigenvalue weighted by Crippen LogP contribution is 2.49. The van der Waals surface area contributed by atoms with E-state index in [9.17, 15) is 5.11 Å². The maximum atomic E-state index is 9.80. The average molecular weight is 440 g/mol. The van der Waals surface area contributed by atoms with Crippen molar-refractivity contribution in [1.82, 2.24) is 0 Å². The SMILES string of the molecule is Oc1c(Cl)c(Cl)c(OCC=C(c2ccccc2)c2ccccc2)c(Cl)c1Cl. The fourth-order valence-corrected chi connectivity index (χ4v) is 3.51. The van der Waals surface area contributed by atoms with E-state index >= 15 is 0 Å². The minimum absolute atomic E-state index is 0.0120. The van der Waals surface area contributed by atoms with Crippen molar-refractivity contribution < 1.29 is 9.84 Å². The van der Waals surface area contributed by atoms with Gasteiger partial charge in [0.15, 0.2) is 11.5 Å². The third-order valence-corrected chi connectivity index (χ3v) is 5.54. The van der Waals surface area contributed by atoms with Crippen molar-refractivity contribution in [1.29, 1.82) is 0 Å². The monoisotopic (exact) mass is 438 g/mol. The normalized spacial score (nSPS) is 10.5. The highest BCUT2D eigenvalue weighted by molar-refractivity contribution is 6.50. The van der Waals surface area contributed by atoms with Gasteiger partial charge in [0.05, 0.1) is 0 Å². The van der Waals surface area contributed by atoms with Crippen molar-refractivity contribution in [2.75, 3.05) is 6.61 Å². The van der Waals surface area contributed by atoms with E-state index in [1.54, 1.807) is 0 Å². The van der Waals surface area contributed by atoms with Gasteiger partial charge < -0.3 is 9.84 Å². The zero-order chi connectivity index (χ0) is 19.4. The third-order valence-electron chi connectivity index (χ3n) is 3.88. The first-order valence-corrected chi connectivity index (χ1v) is 9.50. The standard InChI is InChI=1S/C21H14Cl4O2/c22-16-18(24)21(19(25)17(23)20(16)26)27-12-11-15(13-7-3-1-4-8-13)14-9-5-2-6-10-14/h1-11,26H,12H2. The predicted octanol–water partition coefficient (Wildman–Crippen LogP) is 7.52. The van der Waals surface area contributed by atoms with Crippen LogP contribution in [0.5, 0.6) is 11.5 Å². The molecule has 0 aliphatic heterocycles. The highest BCUT2D eigenvalue weighted by atomic mass is 35.5. The summed E-state index contributed by atoms with van der Waals surface area (Å²) in [5.41, 5.74) is 3.09. The molecule has 1 N–H and O–H groups in total. The van der Waals surface area contributed by atoms with Gasteiger partial charge in [-0.15, -0.1) is 0 Å². The van der Waals surface area contributed by atoms with Crippen LogP contribution in [-0.4, -0.2) is 11.7 Å². The Bertz CT molecular complexity index is 900. The fourth-order valence-electron chi connectivity index (χ4n) is 2.57. The number of ether oxygens (including phenoxy) is 1. The molecule has 0 atom stereocenters. The Balaban J connectivity index is 1.93. The lowest BCUT2D eigenvalue weighted by Gasteiger charge is -2.14. The molecule has 0 fully saturated rings. The van der Waals surface area contributed by atoms with E-state index in [1.807, 2.05) is 66.7 Å². The van der Waals surface area contributed by atoms with Gasteiger partial charge in [-0.05, 0) is 22.8 Å². The number of rotatable bonds is 5. The van der Waals surface area contributed by atoms with Crippen molar-refractivity contribution >= 4 is 52.0 Å². The molecule has 0 aliphatic rings. The molecule has 0 unspecified atom stereocenters. The van der Waals surface area contributed by atoms with E-state index in [2.05, 4.69) is 0 Å². The molecule has 3 aromatic carbocycles. The summed E-state index contributed by atoms with van der Waals surface area (Å²) in [6, 6.07) is 19.9. The molecule has 3 aromatic rings. The topological polar surface area (TPSA) is 29.5 Å². The van der Waals surface area contributed by atoms with Gasteiger partial charge >= 0.3 is 0 Å². The van der Waals surface area contributed by atoms with E-state index in [0.717, 1.165) is 16.7 Å². The second-order valence-electron chi connectivity index (χ2n) is 5.59. The second-order valence-corrected chi connectivity index (χ2v) is 7.11. The summed E-state index contributed by atoms with van der Waals surface area (Å²) >= 11 is 24.2.